The molecule has 0 heterocycles. The minimum Gasteiger partial charge on any atom is -0.321 e. The fourth-order valence-corrected chi connectivity index (χ4v) is 6.75. The summed E-state index contributed by atoms with van der Waals surface area (Å²) in [6.45, 7) is 18.0. The van der Waals surface area contributed by atoms with Crippen LogP contribution in [0.3, 0.4) is 0 Å². The van der Waals surface area contributed by atoms with Crippen LogP contribution in [0.5, 0.6) is 0 Å². The minimum absolute atomic E-state index is 1.18. The highest BCUT2D eigenvalue weighted by atomic mass is 28.3. The van der Waals surface area contributed by atoms with Gasteiger partial charge in [-0.05, 0) is 32.1 Å². The first-order chi connectivity index (χ1) is 6.08. The Kier molecular flexibility index (Phi) is 5.57. The summed E-state index contributed by atoms with van der Waals surface area (Å²) in [7, 11) is -1.31. The van der Waals surface area contributed by atoms with Crippen LogP contribution >= 0.6 is 0 Å². The highest BCUT2D eigenvalue weighted by molar-refractivity contribution is 6.83. The van der Waals surface area contributed by atoms with Crippen LogP contribution in [0, 0.1) is 0 Å². The van der Waals surface area contributed by atoms with Gasteiger partial charge in [0.05, 0.1) is 0 Å². The molecule has 0 saturated heterocycles. The average molecular weight is 199 g/mol. The van der Waals surface area contributed by atoms with Gasteiger partial charge in [-0.3, -0.25) is 0 Å². The SMILES string of the molecule is C=C(C)[Si](CC)(CC)N(CC)CC. The van der Waals surface area contributed by atoms with E-state index in [0.717, 1.165) is 0 Å². The Bertz CT molecular complexity index is 157. The zero-order valence-corrected chi connectivity index (χ0v) is 11.0. The van der Waals surface area contributed by atoms with Crippen LogP contribution in [0.15, 0.2) is 11.8 Å². The topological polar surface area (TPSA) is 3.24 Å². The molecule has 0 aromatic rings. The second-order valence-electron chi connectivity index (χ2n) is 3.69. The lowest BCUT2D eigenvalue weighted by Gasteiger charge is -2.40. The first kappa shape index (κ1) is 12.9. The Morgan fingerprint density at radius 1 is 1.08 bits per heavy atom. The van der Waals surface area contributed by atoms with E-state index in [0.29, 0.717) is 0 Å². The van der Waals surface area contributed by atoms with Crippen LogP contribution in [0.2, 0.25) is 12.1 Å². The van der Waals surface area contributed by atoms with Crippen LogP contribution in [-0.4, -0.2) is 25.9 Å². The Hall–Kier alpha value is -0.0831. The Morgan fingerprint density at radius 3 is 1.54 bits per heavy atom. The van der Waals surface area contributed by atoms with Gasteiger partial charge in [0.1, 0.15) is 0 Å². The van der Waals surface area contributed by atoms with Crippen molar-refractivity contribution in [1.82, 2.24) is 4.57 Å². The lowest BCUT2D eigenvalue weighted by atomic mass is 10.7. The van der Waals surface area contributed by atoms with Gasteiger partial charge in [-0.2, -0.15) is 0 Å². The van der Waals surface area contributed by atoms with Gasteiger partial charge in [-0.1, -0.05) is 32.9 Å². The fraction of sp³-hybridized carbons (Fsp3) is 0.818. The maximum atomic E-state index is 4.21. The summed E-state index contributed by atoms with van der Waals surface area (Å²) in [6.07, 6.45) is 0. The van der Waals surface area contributed by atoms with Crippen molar-refractivity contribution in [3.05, 3.63) is 11.8 Å². The number of rotatable bonds is 6. The van der Waals surface area contributed by atoms with E-state index in [1.807, 2.05) is 0 Å². The van der Waals surface area contributed by atoms with Crippen molar-refractivity contribution in [2.75, 3.05) is 13.1 Å². The molecule has 0 spiro atoms. The first-order valence-electron chi connectivity index (χ1n) is 5.50. The summed E-state index contributed by atoms with van der Waals surface area (Å²) in [5, 5.41) is 1.45. The molecule has 0 rings (SSSR count). The Labute approximate surface area is 84.9 Å². The summed E-state index contributed by atoms with van der Waals surface area (Å²) in [6, 6.07) is 2.61. The van der Waals surface area contributed by atoms with Gasteiger partial charge in [0.2, 0.25) is 0 Å². The maximum absolute atomic E-state index is 4.21. The van der Waals surface area contributed by atoms with Crippen molar-refractivity contribution in [3.8, 4) is 0 Å². The molecule has 0 atom stereocenters. The van der Waals surface area contributed by atoms with Crippen molar-refractivity contribution in [2.24, 2.45) is 0 Å². The Balaban J connectivity index is 4.82. The van der Waals surface area contributed by atoms with Crippen molar-refractivity contribution in [1.29, 1.82) is 0 Å². The highest BCUT2D eigenvalue weighted by Gasteiger charge is 2.35. The van der Waals surface area contributed by atoms with Crippen molar-refractivity contribution in [2.45, 2.75) is 46.7 Å². The zero-order chi connectivity index (χ0) is 10.5. The van der Waals surface area contributed by atoms with Crippen LogP contribution in [0.25, 0.3) is 0 Å². The lowest BCUT2D eigenvalue weighted by Crippen LogP contribution is -2.53. The zero-order valence-electron chi connectivity index (χ0n) is 9.98. The molecule has 0 unspecified atom stereocenters. The molecule has 0 amide bonds. The lowest BCUT2D eigenvalue weighted by molar-refractivity contribution is 0.462. The quantitative estimate of drug-likeness (QED) is 0.592. The monoisotopic (exact) mass is 199 g/mol. The molecule has 0 bridgehead atoms. The second kappa shape index (κ2) is 5.61. The first-order valence-corrected chi connectivity index (χ1v) is 7.86. The van der Waals surface area contributed by atoms with Gasteiger partial charge < -0.3 is 4.57 Å². The standard InChI is InChI=1S/C11H25NSi/c1-7-12(8-2)13(9-3,10-4)11(5)6/h5,7-10H2,1-4,6H3. The Morgan fingerprint density at radius 2 is 1.46 bits per heavy atom. The molecular weight excluding hydrogens is 174 g/mol. The van der Waals surface area contributed by atoms with Gasteiger partial charge in [-0.15, -0.1) is 6.58 Å². The minimum atomic E-state index is -1.31. The van der Waals surface area contributed by atoms with E-state index in [9.17, 15) is 0 Å². The smallest absolute Gasteiger partial charge is 0.154 e. The summed E-state index contributed by atoms with van der Waals surface area (Å²) in [5.74, 6) is 0. The maximum Gasteiger partial charge on any atom is 0.154 e. The third kappa shape index (κ3) is 2.44. The molecule has 0 saturated carbocycles. The van der Waals surface area contributed by atoms with E-state index in [4.69, 9.17) is 0 Å². The third-order valence-electron chi connectivity index (χ3n) is 3.33. The molecule has 78 valence electrons. The van der Waals surface area contributed by atoms with Gasteiger partial charge >= 0.3 is 0 Å². The number of allylic oxidation sites excluding steroid dienone is 1. The van der Waals surface area contributed by atoms with Crippen LogP contribution in [0.4, 0.5) is 0 Å². The summed E-state index contributed by atoms with van der Waals surface area (Å²) < 4.78 is 2.66. The largest absolute Gasteiger partial charge is 0.321 e. The van der Waals surface area contributed by atoms with Crippen molar-refractivity contribution >= 4 is 8.24 Å². The predicted octanol–water partition coefficient (Wildman–Crippen LogP) is 3.43. The molecule has 0 aromatic heterocycles. The van der Waals surface area contributed by atoms with Crippen molar-refractivity contribution < 1.29 is 0 Å². The molecule has 0 aromatic carbocycles. The molecule has 0 radical (unpaired) electrons. The van der Waals surface area contributed by atoms with E-state index in [1.54, 1.807) is 0 Å². The molecular formula is C11H25NSi. The molecule has 0 aliphatic carbocycles. The van der Waals surface area contributed by atoms with Crippen LogP contribution in [0.1, 0.15) is 34.6 Å². The molecule has 1 nitrogen and oxygen atoms in total. The van der Waals surface area contributed by atoms with Crippen molar-refractivity contribution in [3.63, 3.8) is 0 Å². The summed E-state index contributed by atoms with van der Waals surface area (Å²) in [4.78, 5) is 0. The van der Waals surface area contributed by atoms with E-state index in [1.165, 1.54) is 30.4 Å². The molecule has 0 N–H and O–H groups in total. The van der Waals surface area contributed by atoms with E-state index >= 15 is 0 Å². The summed E-state index contributed by atoms with van der Waals surface area (Å²) >= 11 is 0. The predicted molar refractivity (Wildman–Crippen MR) is 64.5 cm³/mol. The third-order valence-corrected chi connectivity index (χ3v) is 9.10. The fourth-order valence-electron chi connectivity index (χ4n) is 2.40. The number of hydrogen-bond donors (Lipinski definition) is 0. The van der Waals surface area contributed by atoms with Gasteiger partial charge in [0.25, 0.3) is 0 Å². The van der Waals surface area contributed by atoms with Gasteiger partial charge in [0, 0.05) is 0 Å². The van der Waals surface area contributed by atoms with E-state index < -0.39 is 8.24 Å². The highest BCUT2D eigenvalue weighted by Crippen LogP contribution is 2.26. The molecule has 0 aliphatic rings. The molecule has 2 heteroatoms. The number of nitrogens with zero attached hydrogens (tertiary/aromatic N) is 1. The van der Waals surface area contributed by atoms with Gasteiger partial charge in [-0.25, -0.2) is 0 Å². The second-order valence-corrected chi connectivity index (χ2v) is 8.65. The van der Waals surface area contributed by atoms with Crippen LogP contribution < -0.4 is 0 Å². The van der Waals surface area contributed by atoms with E-state index in [2.05, 4.69) is 45.8 Å². The molecule has 13 heavy (non-hydrogen) atoms. The number of hydrogen-bond acceptors (Lipinski definition) is 1. The van der Waals surface area contributed by atoms with Gasteiger partial charge in [0.15, 0.2) is 8.24 Å². The van der Waals surface area contributed by atoms with Crippen LogP contribution in [-0.2, 0) is 0 Å². The molecule has 0 fully saturated rings. The van der Waals surface area contributed by atoms with E-state index in [-0.39, 0.29) is 0 Å². The summed E-state index contributed by atoms with van der Waals surface area (Å²) in [5.41, 5.74) is 0. The normalized spacial score (nSPS) is 12.2. The average Bonchev–Trinajstić information content (AvgIpc) is 2.13. The molecule has 0 aliphatic heterocycles.